The predicted molar refractivity (Wildman–Crippen MR) is 169 cm³/mol. The molecule has 0 bridgehead atoms. The number of hydrogen-bond donors (Lipinski definition) is 5. The number of aliphatic imine (C=N–C) groups is 1. The molecule has 45 heavy (non-hydrogen) atoms. The molecule has 0 heterocycles. The van der Waals surface area contributed by atoms with Crippen LogP contribution in [0.1, 0.15) is 15.9 Å². The molecule has 4 rings (SSSR count). The minimum atomic E-state index is -4.38. The third-order valence-corrected chi connectivity index (χ3v) is 6.56. The number of anilines is 1. The van der Waals surface area contributed by atoms with Gasteiger partial charge in [0.2, 0.25) is 0 Å². The van der Waals surface area contributed by atoms with Crippen molar-refractivity contribution in [3.63, 3.8) is 0 Å². The van der Waals surface area contributed by atoms with E-state index in [9.17, 15) is 33.1 Å². The second kappa shape index (κ2) is 16.6. The quantitative estimate of drug-likeness (QED) is 0.0446. The monoisotopic (exact) mass is 650 g/mol. The molecule has 4 aromatic rings. The number of carboxylic acids is 1. The van der Waals surface area contributed by atoms with Gasteiger partial charge in [-0.1, -0.05) is 6.07 Å². The second-order valence-corrected chi connectivity index (χ2v) is 10.2. The maximum Gasteiger partial charge on any atom is 0.339 e. The molecular weight excluding hydrogens is 626 g/mol. The van der Waals surface area contributed by atoms with E-state index in [1.165, 1.54) is 55.6 Å². The van der Waals surface area contributed by atoms with E-state index in [-0.39, 0.29) is 98.1 Å². The van der Waals surface area contributed by atoms with Crippen LogP contribution >= 0.6 is 0 Å². The van der Waals surface area contributed by atoms with Crippen molar-refractivity contribution < 1.29 is 37.8 Å². The summed E-state index contributed by atoms with van der Waals surface area (Å²) < 4.78 is 37.2. The maximum atomic E-state index is 11.3. The topological polar surface area (TPSA) is 215 Å². The molecule has 4 aromatic carbocycles. The van der Waals surface area contributed by atoms with E-state index in [4.69, 9.17) is 4.74 Å². The van der Waals surface area contributed by atoms with E-state index >= 15 is 0 Å². The van der Waals surface area contributed by atoms with E-state index in [0.717, 1.165) is 0 Å². The van der Waals surface area contributed by atoms with Gasteiger partial charge < -0.3 is 25.4 Å². The van der Waals surface area contributed by atoms with Gasteiger partial charge in [0, 0.05) is 70.9 Å². The van der Waals surface area contributed by atoms with Crippen LogP contribution in [0.5, 0.6) is 11.5 Å². The zero-order valence-electron chi connectivity index (χ0n) is 24.6. The molecule has 222 valence electrons. The van der Waals surface area contributed by atoms with E-state index in [1.807, 2.05) is 0 Å². The number of nitrogens with one attached hydrogen (secondary N) is 1. The van der Waals surface area contributed by atoms with Gasteiger partial charge in [0.25, 0.3) is 16.1 Å². The number of benzene rings is 4. The molecule has 0 aliphatic heterocycles. The fourth-order valence-corrected chi connectivity index (χ4v) is 4.14. The third-order valence-electron chi connectivity index (χ3n) is 5.71. The van der Waals surface area contributed by atoms with Crippen molar-refractivity contribution in [3.05, 3.63) is 90.0 Å². The number of rotatable bonds is 9. The first kappa shape index (κ1) is 37.5. The molecule has 0 saturated carbocycles. The SMILES string of the molecule is COc1cc(N=Nc2cccc(S(=O)(=O)O)c2)ccc1N=C(O)Nc1ccc(N=Nc2cc(C)c(O)c(C(=O)O)c2)cc1.[Na].[Na]. The number of aliphatic hydroxyl groups is 1. The van der Waals surface area contributed by atoms with Crippen LogP contribution < -0.4 is 10.1 Å². The molecule has 0 atom stereocenters. The van der Waals surface area contributed by atoms with Crippen LogP contribution in [0.15, 0.2) is 109 Å². The number of aliphatic hydroxyl groups excluding tert-OH is 1. The van der Waals surface area contributed by atoms with Crippen LogP contribution in [-0.2, 0) is 10.1 Å². The normalized spacial score (nSPS) is 11.6. The first-order valence-corrected chi connectivity index (χ1v) is 13.7. The maximum absolute atomic E-state index is 11.3. The molecule has 0 spiro atoms. The third kappa shape index (κ3) is 10.4. The summed E-state index contributed by atoms with van der Waals surface area (Å²) >= 11 is 0. The van der Waals surface area contributed by atoms with Crippen molar-refractivity contribution in [2.45, 2.75) is 11.8 Å². The molecule has 0 fully saturated rings. The van der Waals surface area contributed by atoms with E-state index in [2.05, 4.69) is 30.8 Å². The van der Waals surface area contributed by atoms with Gasteiger partial charge in [0.1, 0.15) is 22.7 Å². The Labute approximate surface area is 302 Å². The van der Waals surface area contributed by atoms with Gasteiger partial charge in [0.15, 0.2) is 0 Å². The van der Waals surface area contributed by atoms with Crippen LogP contribution in [0.4, 0.5) is 34.1 Å². The van der Waals surface area contributed by atoms with Gasteiger partial charge in [-0.3, -0.25) is 4.55 Å². The number of amidine groups is 1. The van der Waals surface area contributed by atoms with Crippen LogP contribution in [0, 0.1) is 6.92 Å². The molecule has 0 unspecified atom stereocenters. The summed E-state index contributed by atoms with van der Waals surface area (Å²) in [5, 5.41) is 48.3. The fraction of sp³-hybridized carbons (Fsp3) is 0.0714. The molecule has 5 N–H and O–H groups in total. The molecule has 14 nitrogen and oxygen atoms in total. The number of aryl methyl sites for hydroxylation is 1. The van der Waals surface area contributed by atoms with Crippen molar-refractivity contribution in [3.8, 4) is 11.5 Å². The molecule has 0 saturated heterocycles. The first-order chi connectivity index (χ1) is 20.4. The minimum Gasteiger partial charge on any atom is -0.507 e. The molecular formula is C28H24N6Na2O8S. The Morgan fingerprint density at radius 3 is 2.02 bits per heavy atom. The number of aromatic carboxylic acids is 1. The molecule has 0 amide bonds. The van der Waals surface area contributed by atoms with Crippen LogP contribution in [0.25, 0.3) is 0 Å². The summed E-state index contributed by atoms with van der Waals surface area (Å²) in [7, 11) is -2.97. The number of carbonyl (C=O) groups is 1. The van der Waals surface area contributed by atoms with Gasteiger partial charge >= 0.3 is 5.97 Å². The number of phenols is 1. The summed E-state index contributed by atoms with van der Waals surface area (Å²) in [5.74, 6) is -1.34. The zero-order chi connectivity index (χ0) is 31.1. The van der Waals surface area contributed by atoms with Gasteiger partial charge in [-0.05, 0) is 79.2 Å². The van der Waals surface area contributed by atoms with E-state index < -0.39 is 22.1 Å². The smallest absolute Gasteiger partial charge is 0.339 e. The van der Waals surface area contributed by atoms with Crippen molar-refractivity contribution >= 4 is 115 Å². The Bertz CT molecular complexity index is 1880. The summed E-state index contributed by atoms with van der Waals surface area (Å²) in [5.41, 5.74) is 2.08. The first-order valence-electron chi connectivity index (χ1n) is 12.2. The number of carboxylic acid groups (broad SMARTS) is 1. The van der Waals surface area contributed by atoms with Crippen molar-refractivity contribution in [1.82, 2.24) is 0 Å². The van der Waals surface area contributed by atoms with Crippen LogP contribution in [0.2, 0.25) is 0 Å². The number of aromatic hydroxyl groups is 1. The Kier molecular flexibility index (Phi) is 13.8. The number of nitrogens with zero attached hydrogens (tertiary/aromatic N) is 5. The van der Waals surface area contributed by atoms with Gasteiger partial charge in [-0.25, -0.2) is 4.79 Å². The van der Waals surface area contributed by atoms with Crippen molar-refractivity contribution in [1.29, 1.82) is 0 Å². The van der Waals surface area contributed by atoms with Crippen LogP contribution in [-0.4, -0.2) is 107 Å². The average molecular weight is 651 g/mol. The largest absolute Gasteiger partial charge is 0.507 e. The zero-order valence-corrected chi connectivity index (χ0v) is 29.4. The molecule has 17 heteroatoms. The van der Waals surface area contributed by atoms with Gasteiger partial charge in [0.05, 0.1) is 34.8 Å². The Morgan fingerprint density at radius 1 is 0.800 bits per heavy atom. The summed E-state index contributed by atoms with van der Waals surface area (Å²) in [6, 6.07) is 18.6. The number of hydrogen-bond acceptors (Lipinski definition) is 10. The Morgan fingerprint density at radius 2 is 1.40 bits per heavy atom. The molecule has 2 radical (unpaired) electrons. The molecule has 0 aliphatic rings. The van der Waals surface area contributed by atoms with E-state index in [1.54, 1.807) is 37.3 Å². The van der Waals surface area contributed by atoms with E-state index in [0.29, 0.717) is 22.6 Å². The van der Waals surface area contributed by atoms with Gasteiger partial charge in [-0.2, -0.15) is 33.9 Å². The molecule has 0 aliphatic carbocycles. The second-order valence-electron chi connectivity index (χ2n) is 8.80. The number of azo groups is 2. The minimum absolute atomic E-state index is 0. The fourth-order valence-electron chi connectivity index (χ4n) is 3.62. The summed E-state index contributed by atoms with van der Waals surface area (Å²) in [6.45, 7) is 1.56. The number of methoxy groups -OCH3 is 1. The number of ether oxygens (including phenoxy) is 1. The van der Waals surface area contributed by atoms with Crippen molar-refractivity contribution in [2.75, 3.05) is 12.4 Å². The van der Waals surface area contributed by atoms with Crippen molar-refractivity contribution in [2.24, 2.45) is 25.4 Å². The Balaban J connectivity index is 0.00000353. The van der Waals surface area contributed by atoms with Crippen LogP contribution in [0.3, 0.4) is 0 Å². The van der Waals surface area contributed by atoms with Gasteiger partial charge in [-0.15, -0.1) is 0 Å². The summed E-state index contributed by atoms with van der Waals surface area (Å²) in [6.07, 6.45) is 0. The predicted octanol–water partition coefficient (Wildman–Crippen LogP) is 6.38. The summed E-state index contributed by atoms with van der Waals surface area (Å²) in [4.78, 5) is 15.1. The average Bonchev–Trinajstić information content (AvgIpc) is 2.97. The molecule has 0 aromatic heterocycles. The standard InChI is InChI=1S/C28H24N6O8S.2Na/c1-16-12-21(14-23(26(16)35)27(36)37)34-31-18-8-6-17(7-9-18)29-28(38)30-24-11-10-20(15-25(24)42-2)33-32-19-4-3-5-22(13-19)43(39,40)41;;/h3-15,35H,1-2H3,(H,36,37)(H2,29,30,38)(H,39,40,41);;. The Hall–Kier alpha value is -3.67.